The topological polar surface area (TPSA) is 66.0 Å². The largest absolute Gasteiger partial charge is 0.493 e. The molecule has 0 bridgehead atoms. The van der Waals surface area contributed by atoms with Gasteiger partial charge < -0.3 is 5.11 Å². The van der Waals surface area contributed by atoms with Gasteiger partial charge in [0.15, 0.2) is 0 Å². The molecule has 0 fully saturated rings. The van der Waals surface area contributed by atoms with Crippen LogP contribution in [0.1, 0.15) is 16.7 Å². The molecule has 0 unspecified atom stereocenters. The lowest BCUT2D eigenvalue weighted by Gasteiger charge is -2.11. The third-order valence-electron chi connectivity index (χ3n) is 2.79. The fourth-order valence-corrected chi connectivity index (χ4v) is 1.80. The molecular weight excluding hydrogens is 228 g/mol. The summed E-state index contributed by atoms with van der Waals surface area (Å²) in [5, 5.41) is 19.0. The number of benzene rings is 1. The van der Waals surface area contributed by atoms with Crippen molar-refractivity contribution in [1.29, 1.82) is 5.26 Å². The van der Waals surface area contributed by atoms with Gasteiger partial charge in [-0.25, -0.2) is 4.57 Å². The molecule has 2 aromatic rings. The SMILES string of the molecule is Cc1ccc(-n2c(O)c(C#N)c(C)cc2=O)cc1. The van der Waals surface area contributed by atoms with Gasteiger partial charge in [-0.3, -0.25) is 4.79 Å². The summed E-state index contributed by atoms with van der Waals surface area (Å²) >= 11 is 0. The van der Waals surface area contributed by atoms with Crippen molar-refractivity contribution < 1.29 is 5.11 Å². The summed E-state index contributed by atoms with van der Waals surface area (Å²) in [6, 6.07) is 10.4. The number of hydrogen-bond donors (Lipinski definition) is 1. The van der Waals surface area contributed by atoms with Crippen LogP contribution in [0.5, 0.6) is 5.88 Å². The highest BCUT2D eigenvalue weighted by Crippen LogP contribution is 2.21. The lowest BCUT2D eigenvalue weighted by Crippen LogP contribution is -2.19. The molecule has 0 atom stereocenters. The minimum absolute atomic E-state index is 0.121. The zero-order valence-electron chi connectivity index (χ0n) is 10.1. The summed E-state index contributed by atoms with van der Waals surface area (Å²) < 4.78 is 1.13. The number of nitrogens with zero attached hydrogens (tertiary/aromatic N) is 2. The first kappa shape index (κ1) is 11.9. The van der Waals surface area contributed by atoms with Crippen molar-refractivity contribution >= 4 is 0 Å². The van der Waals surface area contributed by atoms with Crippen LogP contribution in [0, 0.1) is 25.2 Å². The molecule has 90 valence electrons. The van der Waals surface area contributed by atoms with Gasteiger partial charge in [-0.05, 0) is 31.5 Å². The molecule has 0 saturated heterocycles. The van der Waals surface area contributed by atoms with E-state index in [0.29, 0.717) is 11.3 Å². The Hall–Kier alpha value is -2.54. The Morgan fingerprint density at radius 3 is 2.39 bits per heavy atom. The smallest absolute Gasteiger partial charge is 0.258 e. The second-order valence-electron chi connectivity index (χ2n) is 4.15. The quantitative estimate of drug-likeness (QED) is 0.829. The van der Waals surface area contributed by atoms with Gasteiger partial charge in [0, 0.05) is 6.07 Å². The number of rotatable bonds is 1. The maximum Gasteiger partial charge on any atom is 0.258 e. The number of aryl methyl sites for hydroxylation is 2. The van der Waals surface area contributed by atoms with Gasteiger partial charge in [0.05, 0.1) is 5.69 Å². The molecule has 0 aliphatic rings. The van der Waals surface area contributed by atoms with Crippen molar-refractivity contribution in [3.63, 3.8) is 0 Å². The van der Waals surface area contributed by atoms with E-state index < -0.39 is 0 Å². The molecule has 0 spiro atoms. The molecule has 1 heterocycles. The molecule has 4 nitrogen and oxygen atoms in total. The Morgan fingerprint density at radius 2 is 1.83 bits per heavy atom. The molecule has 0 saturated carbocycles. The van der Waals surface area contributed by atoms with Gasteiger partial charge in [0.25, 0.3) is 5.56 Å². The molecule has 0 radical (unpaired) electrons. The third-order valence-corrected chi connectivity index (χ3v) is 2.79. The lowest BCUT2D eigenvalue weighted by atomic mass is 10.1. The highest BCUT2D eigenvalue weighted by Gasteiger charge is 2.13. The number of pyridine rings is 1. The zero-order valence-corrected chi connectivity index (χ0v) is 10.1. The van der Waals surface area contributed by atoms with E-state index in [-0.39, 0.29) is 17.0 Å². The Morgan fingerprint density at radius 1 is 1.22 bits per heavy atom. The summed E-state index contributed by atoms with van der Waals surface area (Å²) in [7, 11) is 0. The van der Waals surface area contributed by atoms with Gasteiger partial charge in [-0.15, -0.1) is 0 Å². The third kappa shape index (κ3) is 1.87. The Bertz CT molecular complexity index is 691. The maximum atomic E-state index is 11.9. The first-order valence-corrected chi connectivity index (χ1v) is 5.47. The molecule has 4 heteroatoms. The van der Waals surface area contributed by atoms with Crippen LogP contribution in [-0.2, 0) is 0 Å². The van der Waals surface area contributed by atoms with E-state index in [1.165, 1.54) is 6.07 Å². The second-order valence-corrected chi connectivity index (χ2v) is 4.15. The minimum Gasteiger partial charge on any atom is -0.493 e. The molecule has 1 aromatic carbocycles. The van der Waals surface area contributed by atoms with Gasteiger partial charge >= 0.3 is 0 Å². The second kappa shape index (κ2) is 4.38. The Labute approximate surface area is 104 Å². The predicted molar refractivity (Wildman–Crippen MR) is 67.9 cm³/mol. The van der Waals surface area contributed by atoms with Crippen LogP contribution in [0.15, 0.2) is 35.1 Å². The van der Waals surface area contributed by atoms with Crippen LogP contribution >= 0.6 is 0 Å². The first-order valence-electron chi connectivity index (χ1n) is 5.47. The van der Waals surface area contributed by atoms with E-state index in [1.807, 2.05) is 25.1 Å². The summed E-state index contributed by atoms with van der Waals surface area (Å²) in [5.74, 6) is -0.314. The summed E-state index contributed by atoms with van der Waals surface area (Å²) in [6.45, 7) is 3.56. The van der Waals surface area contributed by atoms with Crippen LogP contribution in [0.4, 0.5) is 0 Å². The van der Waals surface area contributed by atoms with Gasteiger partial charge in [-0.2, -0.15) is 5.26 Å². The van der Waals surface area contributed by atoms with Crippen LogP contribution in [0.3, 0.4) is 0 Å². The zero-order chi connectivity index (χ0) is 13.3. The number of hydrogen-bond acceptors (Lipinski definition) is 3. The summed E-state index contributed by atoms with van der Waals surface area (Å²) in [6.07, 6.45) is 0. The Kier molecular flexibility index (Phi) is 2.90. The van der Waals surface area contributed by atoms with E-state index in [9.17, 15) is 9.90 Å². The molecule has 1 N–H and O–H groups in total. The van der Waals surface area contributed by atoms with Crippen LogP contribution in [0.25, 0.3) is 5.69 Å². The number of nitriles is 1. The van der Waals surface area contributed by atoms with Crippen LogP contribution in [-0.4, -0.2) is 9.67 Å². The average Bonchev–Trinajstić information content (AvgIpc) is 2.31. The van der Waals surface area contributed by atoms with E-state index in [2.05, 4.69) is 0 Å². The van der Waals surface area contributed by atoms with Crippen molar-refractivity contribution in [1.82, 2.24) is 4.57 Å². The van der Waals surface area contributed by atoms with Gasteiger partial charge in [0.2, 0.25) is 5.88 Å². The molecule has 0 aliphatic carbocycles. The molecule has 1 aromatic heterocycles. The summed E-state index contributed by atoms with van der Waals surface area (Å²) in [5.41, 5.74) is 1.84. The van der Waals surface area contributed by atoms with Crippen LogP contribution < -0.4 is 5.56 Å². The van der Waals surface area contributed by atoms with Crippen molar-refractivity contribution in [2.75, 3.05) is 0 Å². The normalized spacial score (nSPS) is 10.1. The van der Waals surface area contributed by atoms with Crippen molar-refractivity contribution in [2.45, 2.75) is 13.8 Å². The number of aromatic nitrogens is 1. The fraction of sp³-hybridized carbons (Fsp3) is 0.143. The lowest BCUT2D eigenvalue weighted by molar-refractivity contribution is 0.433. The van der Waals surface area contributed by atoms with Gasteiger partial charge in [-0.1, -0.05) is 17.7 Å². The summed E-state index contributed by atoms with van der Waals surface area (Å²) in [4.78, 5) is 11.9. The molecular formula is C14H12N2O2. The predicted octanol–water partition coefficient (Wildman–Crippen LogP) is 2.03. The van der Waals surface area contributed by atoms with Crippen molar-refractivity contribution in [2.24, 2.45) is 0 Å². The highest BCUT2D eigenvalue weighted by atomic mass is 16.3. The highest BCUT2D eigenvalue weighted by molar-refractivity contribution is 5.48. The average molecular weight is 240 g/mol. The minimum atomic E-state index is -0.354. The van der Waals surface area contributed by atoms with E-state index in [0.717, 1.165) is 10.1 Å². The monoisotopic (exact) mass is 240 g/mol. The van der Waals surface area contributed by atoms with Gasteiger partial charge in [0.1, 0.15) is 11.6 Å². The first-order chi connectivity index (χ1) is 8.54. The van der Waals surface area contributed by atoms with Crippen molar-refractivity contribution in [3.05, 3.63) is 57.4 Å². The van der Waals surface area contributed by atoms with Crippen molar-refractivity contribution in [3.8, 4) is 17.6 Å². The van der Waals surface area contributed by atoms with Crippen LogP contribution in [0.2, 0.25) is 0 Å². The maximum absolute atomic E-state index is 11.9. The molecule has 2 rings (SSSR count). The standard InChI is InChI=1S/C14H12N2O2/c1-9-3-5-11(6-4-9)16-13(17)7-10(2)12(8-15)14(16)18/h3-7,18H,1-2H3. The Balaban J connectivity index is 2.76. The van der Waals surface area contributed by atoms with E-state index >= 15 is 0 Å². The molecule has 0 aliphatic heterocycles. The molecule has 18 heavy (non-hydrogen) atoms. The molecule has 0 amide bonds. The van der Waals surface area contributed by atoms with E-state index in [1.54, 1.807) is 19.1 Å². The fourth-order valence-electron chi connectivity index (χ4n) is 1.80. The number of aromatic hydroxyl groups is 1. The van der Waals surface area contributed by atoms with E-state index in [4.69, 9.17) is 5.26 Å².